The van der Waals surface area contributed by atoms with E-state index in [9.17, 15) is 9.59 Å². The van der Waals surface area contributed by atoms with Crippen LogP contribution in [0.3, 0.4) is 0 Å². The van der Waals surface area contributed by atoms with E-state index >= 15 is 0 Å². The third kappa shape index (κ3) is 6.36. The van der Waals surface area contributed by atoms with Crippen molar-refractivity contribution in [1.82, 2.24) is 4.57 Å². The molecule has 0 radical (unpaired) electrons. The van der Waals surface area contributed by atoms with Crippen molar-refractivity contribution in [2.45, 2.75) is 24.7 Å². The summed E-state index contributed by atoms with van der Waals surface area (Å²) in [5, 5.41) is 0. The molecule has 5 nitrogen and oxygen atoms in total. The molecule has 0 N–H and O–H groups in total. The zero-order valence-electron chi connectivity index (χ0n) is 24.2. The van der Waals surface area contributed by atoms with E-state index in [0.29, 0.717) is 24.0 Å². The van der Waals surface area contributed by atoms with Crippen LogP contribution < -0.4 is 9.47 Å². The summed E-state index contributed by atoms with van der Waals surface area (Å²) >= 11 is 0. The van der Waals surface area contributed by atoms with Crippen molar-refractivity contribution >= 4 is 11.6 Å². The molecule has 0 saturated heterocycles. The van der Waals surface area contributed by atoms with Crippen LogP contribution in [0.5, 0.6) is 11.5 Å². The number of ether oxygens (including phenoxy) is 2. The Kier molecular flexibility index (Phi) is 8.98. The molecule has 2 unspecified atom stereocenters. The van der Waals surface area contributed by atoms with E-state index < -0.39 is 0 Å². The molecule has 0 aliphatic carbocycles. The highest BCUT2D eigenvalue weighted by Crippen LogP contribution is 2.36. The van der Waals surface area contributed by atoms with Gasteiger partial charge in [-0.05, 0) is 47.5 Å². The van der Waals surface area contributed by atoms with Crippen LogP contribution in [0.1, 0.15) is 67.9 Å². The molecule has 5 aromatic rings. The first-order valence-electron chi connectivity index (χ1n) is 14.1. The van der Waals surface area contributed by atoms with Crippen molar-refractivity contribution in [3.05, 3.63) is 155 Å². The summed E-state index contributed by atoms with van der Waals surface area (Å²) in [7, 11) is 5.31. The summed E-state index contributed by atoms with van der Waals surface area (Å²) in [5.74, 6) is 1.29. The summed E-state index contributed by atoms with van der Waals surface area (Å²) in [4.78, 5) is 26.9. The largest absolute Gasteiger partial charge is 0.497 e. The van der Waals surface area contributed by atoms with Crippen molar-refractivity contribution < 1.29 is 19.1 Å². The molecular formula is C37H35NO4. The first kappa shape index (κ1) is 28.6. The third-order valence-corrected chi connectivity index (χ3v) is 7.92. The number of ketones is 2. The van der Waals surface area contributed by atoms with Gasteiger partial charge < -0.3 is 14.0 Å². The molecule has 212 valence electrons. The number of methoxy groups -OCH3 is 2. The maximum atomic E-state index is 13.5. The first-order valence-corrected chi connectivity index (χ1v) is 14.1. The number of aromatic nitrogens is 1. The average molecular weight is 558 g/mol. The lowest BCUT2D eigenvalue weighted by Gasteiger charge is -2.23. The van der Waals surface area contributed by atoms with Crippen molar-refractivity contribution in [3.8, 4) is 11.5 Å². The molecule has 2 atom stereocenters. The van der Waals surface area contributed by atoms with Crippen LogP contribution in [0.25, 0.3) is 0 Å². The molecule has 1 aromatic heterocycles. The molecule has 0 amide bonds. The Morgan fingerprint density at radius 2 is 0.905 bits per heavy atom. The van der Waals surface area contributed by atoms with E-state index in [0.717, 1.165) is 34.0 Å². The Bertz CT molecular complexity index is 1500. The topological polar surface area (TPSA) is 57.5 Å². The van der Waals surface area contributed by atoms with Gasteiger partial charge in [-0.2, -0.15) is 0 Å². The second-order valence-electron chi connectivity index (χ2n) is 10.4. The molecule has 1 heterocycles. The number of carbonyl (C=O) groups excluding carboxylic acids is 2. The predicted octanol–water partition coefficient (Wildman–Crippen LogP) is 7.85. The van der Waals surface area contributed by atoms with Gasteiger partial charge in [0.05, 0.1) is 14.2 Å². The number of nitrogens with zero attached hydrogens (tertiary/aromatic N) is 1. The van der Waals surface area contributed by atoms with E-state index in [4.69, 9.17) is 9.47 Å². The lowest BCUT2D eigenvalue weighted by Crippen LogP contribution is -2.16. The van der Waals surface area contributed by atoms with Crippen LogP contribution in [-0.4, -0.2) is 30.4 Å². The van der Waals surface area contributed by atoms with E-state index in [1.165, 1.54) is 0 Å². The first-order chi connectivity index (χ1) is 20.5. The van der Waals surface area contributed by atoms with Crippen molar-refractivity contribution in [2.75, 3.05) is 14.2 Å². The highest BCUT2D eigenvalue weighted by atomic mass is 16.5. The van der Waals surface area contributed by atoms with E-state index in [1.54, 1.807) is 14.2 Å². The van der Waals surface area contributed by atoms with Crippen molar-refractivity contribution in [1.29, 1.82) is 0 Å². The third-order valence-electron chi connectivity index (χ3n) is 7.92. The summed E-state index contributed by atoms with van der Waals surface area (Å²) in [6, 6.07) is 38.8. The normalized spacial score (nSPS) is 12.4. The minimum Gasteiger partial charge on any atom is -0.497 e. The van der Waals surface area contributed by atoms with E-state index in [1.807, 2.05) is 116 Å². The fraction of sp³-hybridized carbons (Fsp3) is 0.189. The second-order valence-corrected chi connectivity index (χ2v) is 10.4. The number of rotatable bonds is 12. The maximum absolute atomic E-state index is 13.5. The van der Waals surface area contributed by atoms with Gasteiger partial charge in [0.25, 0.3) is 0 Å². The standard InChI is InChI=1S/C37H35NO4/c1-38-34(32(26-14-18-30(41-2)19-15-26)24-36(39)28-10-6-4-7-11-28)22-23-35(38)33(27-16-20-31(42-3)21-17-27)25-37(40)29-12-8-5-9-13-29/h4-23,32-33H,24-25H2,1-3H3. The number of hydrogen-bond acceptors (Lipinski definition) is 4. The minimum atomic E-state index is -0.191. The molecule has 4 aromatic carbocycles. The SMILES string of the molecule is COc1ccc(C(CC(=O)c2ccccc2)c2ccc(C(CC(=O)c3ccccc3)c3ccc(OC)cc3)n2C)cc1. The smallest absolute Gasteiger partial charge is 0.163 e. The zero-order chi connectivity index (χ0) is 29.5. The Morgan fingerprint density at radius 3 is 1.24 bits per heavy atom. The highest BCUT2D eigenvalue weighted by Gasteiger charge is 2.27. The molecular weight excluding hydrogens is 522 g/mol. The van der Waals surface area contributed by atoms with Crippen LogP contribution >= 0.6 is 0 Å². The van der Waals surface area contributed by atoms with Crippen LogP contribution in [0.4, 0.5) is 0 Å². The van der Waals surface area contributed by atoms with Gasteiger partial charge >= 0.3 is 0 Å². The number of Topliss-reactive ketones (excluding diaryl/α,β-unsaturated/α-hetero) is 2. The van der Waals surface area contributed by atoms with Gasteiger partial charge in [-0.15, -0.1) is 0 Å². The second kappa shape index (κ2) is 13.2. The Hall–Kier alpha value is -4.90. The Morgan fingerprint density at radius 1 is 0.548 bits per heavy atom. The van der Waals surface area contributed by atoms with E-state index in [-0.39, 0.29) is 23.4 Å². The maximum Gasteiger partial charge on any atom is 0.163 e. The van der Waals surface area contributed by atoms with Crippen LogP contribution in [0, 0.1) is 0 Å². The predicted molar refractivity (Wildman–Crippen MR) is 166 cm³/mol. The summed E-state index contributed by atoms with van der Waals surface area (Å²) in [6.45, 7) is 0. The summed E-state index contributed by atoms with van der Waals surface area (Å²) < 4.78 is 12.9. The number of carbonyl (C=O) groups is 2. The van der Waals surface area contributed by atoms with Crippen LogP contribution in [-0.2, 0) is 7.05 Å². The Labute approximate surface area is 247 Å². The van der Waals surface area contributed by atoms with Crippen molar-refractivity contribution in [3.63, 3.8) is 0 Å². The average Bonchev–Trinajstić information content (AvgIpc) is 3.43. The fourth-order valence-corrected chi connectivity index (χ4v) is 5.56. The fourth-order valence-electron chi connectivity index (χ4n) is 5.56. The van der Waals surface area contributed by atoms with Gasteiger partial charge in [-0.1, -0.05) is 84.9 Å². The van der Waals surface area contributed by atoms with Gasteiger partial charge in [-0.25, -0.2) is 0 Å². The lowest BCUT2D eigenvalue weighted by atomic mass is 9.88. The van der Waals surface area contributed by atoms with Crippen LogP contribution in [0.15, 0.2) is 121 Å². The van der Waals surface area contributed by atoms with Gasteiger partial charge in [0, 0.05) is 54.2 Å². The van der Waals surface area contributed by atoms with Gasteiger partial charge in [-0.3, -0.25) is 9.59 Å². The molecule has 42 heavy (non-hydrogen) atoms. The molecule has 5 heteroatoms. The van der Waals surface area contributed by atoms with Crippen molar-refractivity contribution in [2.24, 2.45) is 7.05 Å². The molecule has 0 saturated carbocycles. The summed E-state index contributed by atoms with van der Waals surface area (Å²) in [5.41, 5.74) is 5.43. The van der Waals surface area contributed by atoms with Gasteiger partial charge in [0.15, 0.2) is 11.6 Å². The summed E-state index contributed by atoms with van der Waals surface area (Å²) in [6.07, 6.45) is 0.619. The quantitative estimate of drug-likeness (QED) is 0.147. The van der Waals surface area contributed by atoms with E-state index in [2.05, 4.69) is 16.7 Å². The van der Waals surface area contributed by atoms with Gasteiger partial charge in [0.2, 0.25) is 0 Å². The lowest BCUT2D eigenvalue weighted by molar-refractivity contribution is 0.0970. The molecule has 0 spiro atoms. The van der Waals surface area contributed by atoms with Crippen LogP contribution in [0.2, 0.25) is 0 Å². The highest BCUT2D eigenvalue weighted by molar-refractivity contribution is 5.97. The molecule has 0 bridgehead atoms. The molecule has 0 aliphatic rings. The zero-order valence-corrected chi connectivity index (χ0v) is 24.2. The monoisotopic (exact) mass is 557 g/mol. The Balaban J connectivity index is 1.55. The molecule has 0 aliphatic heterocycles. The number of hydrogen-bond donors (Lipinski definition) is 0. The molecule has 0 fully saturated rings. The minimum absolute atomic E-state index is 0.0742. The number of benzene rings is 4. The van der Waals surface area contributed by atoms with Gasteiger partial charge in [0.1, 0.15) is 11.5 Å². The molecule has 5 rings (SSSR count).